The molecule has 0 spiro atoms. The lowest BCUT2D eigenvalue weighted by atomic mass is 9.92. The Hall–Kier alpha value is -2.38. The van der Waals surface area contributed by atoms with Crippen LogP contribution in [0.1, 0.15) is 111 Å². The topological polar surface area (TPSA) is 128 Å². The summed E-state index contributed by atoms with van der Waals surface area (Å²) >= 11 is 0. The molecular formula is C32H52F3NO8S. The van der Waals surface area contributed by atoms with Gasteiger partial charge in [-0.15, -0.1) is 0 Å². The molecule has 0 aliphatic carbocycles. The molecule has 0 saturated carbocycles. The van der Waals surface area contributed by atoms with Crippen molar-refractivity contribution in [3.8, 4) is 0 Å². The second-order valence-electron chi connectivity index (χ2n) is 12.8. The lowest BCUT2D eigenvalue weighted by Crippen LogP contribution is -2.56. The summed E-state index contributed by atoms with van der Waals surface area (Å²) in [4.78, 5) is 26.0. The molecule has 2 unspecified atom stereocenters. The molecule has 1 rings (SSSR count). The molecule has 1 aromatic carbocycles. The summed E-state index contributed by atoms with van der Waals surface area (Å²) in [7, 11) is -4.07. The highest BCUT2D eigenvalue weighted by atomic mass is 32.2. The fraction of sp³-hybridized carbons (Fsp3) is 0.750. The van der Waals surface area contributed by atoms with Crippen molar-refractivity contribution >= 4 is 22.2 Å². The maximum absolute atomic E-state index is 14.5. The molecule has 260 valence electrons. The number of halogens is 3. The summed E-state index contributed by atoms with van der Waals surface area (Å²) in [6.07, 6.45) is 1.59. The SMILES string of the molecule is CO[C@@](C(=O)OC(CCCCCCCCCCCC(C)C)C(CS(=O)(=O)O)NC(=O)OC(C)(C)C)(c1ccccc1)C(F)(F)F. The summed E-state index contributed by atoms with van der Waals surface area (Å²) in [5.41, 5.74) is -5.07. The molecule has 0 heterocycles. The molecule has 0 bridgehead atoms. The number of hydrogen-bond donors (Lipinski definition) is 2. The minimum Gasteiger partial charge on any atom is -0.457 e. The van der Waals surface area contributed by atoms with Gasteiger partial charge in [-0.2, -0.15) is 21.6 Å². The minimum absolute atomic E-state index is 0.0939. The predicted octanol–water partition coefficient (Wildman–Crippen LogP) is 7.73. The average molecular weight is 668 g/mol. The molecule has 9 nitrogen and oxygen atoms in total. The van der Waals surface area contributed by atoms with Crippen molar-refractivity contribution < 1.29 is 49.9 Å². The summed E-state index contributed by atoms with van der Waals surface area (Å²) in [6.45, 7) is 9.09. The first kappa shape index (κ1) is 40.6. The van der Waals surface area contributed by atoms with Crippen molar-refractivity contribution in [2.24, 2.45) is 5.92 Å². The van der Waals surface area contributed by atoms with E-state index in [4.69, 9.17) is 14.2 Å². The largest absolute Gasteiger partial charge is 0.457 e. The van der Waals surface area contributed by atoms with E-state index in [-0.39, 0.29) is 6.42 Å². The second kappa shape index (κ2) is 18.7. The third-order valence-electron chi connectivity index (χ3n) is 7.24. The normalized spacial score (nSPS) is 15.3. The molecule has 1 amide bonds. The monoisotopic (exact) mass is 667 g/mol. The predicted molar refractivity (Wildman–Crippen MR) is 166 cm³/mol. The third kappa shape index (κ3) is 15.2. The summed E-state index contributed by atoms with van der Waals surface area (Å²) in [6, 6.07) is 4.57. The van der Waals surface area contributed by atoms with Crippen molar-refractivity contribution in [3.05, 3.63) is 35.9 Å². The zero-order valence-electron chi connectivity index (χ0n) is 27.5. The molecule has 0 aromatic heterocycles. The van der Waals surface area contributed by atoms with E-state index in [0.717, 1.165) is 51.3 Å². The first-order valence-corrected chi connectivity index (χ1v) is 17.3. The number of carbonyl (C=O) groups excluding carboxylic acids is 2. The van der Waals surface area contributed by atoms with Crippen LogP contribution in [-0.2, 0) is 34.7 Å². The molecule has 1 aromatic rings. The number of amides is 1. The zero-order chi connectivity index (χ0) is 34.3. The highest BCUT2D eigenvalue weighted by molar-refractivity contribution is 7.85. The van der Waals surface area contributed by atoms with Gasteiger partial charge in [0.05, 0.1) is 11.8 Å². The van der Waals surface area contributed by atoms with Crippen LogP contribution in [0, 0.1) is 5.92 Å². The molecular weight excluding hydrogens is 615 g/mol. The zero-order valence-corrected chi connectivity index (χ0v) is 28.3. The van der Waals surface area contributed by atoms with E-state index < -0.39 is 63.0 Å². The summed E-state index contributed by atoms with van der Waals surface area (Å²) in [5.74, 6) is -2.27. The quantitative estimate of drug-likeness (QED) is 0.0822. The number of nitrogens with one attached hydrogen (secondary N) is 1. The van der Waals surface area contributed by atoms with E-state index in [1.54, 1.807) is 20.8 Å². The molecule has 0 aliphatic heterocycles. The number of esters is 1. The van der Waals surface area contributed by atoms with E-state index in [1.165, 1.54) is 37.5 Å². The molecule has 0 radical (unpaired) electrons. The number of alkyl halides is 3. The number of unbranched alkanes of at least 4 members (excludes halogenated alkanes) is 8. The Labute approximate surface area is 266 Å². The van der Waals surface area contributed by atoms with E-state index in [9.17, 15) is 35.7 Å². The average Bonchev–Trinajstić information content (AvgIpc) is 2.89. The third-order valence-corrected chi connectivity index (χ3v) is 8.02. The van der Waals surface area contributed by atoms with E-state index >= 15 is 0 Å². The Morgan fingerprint density at radius 2 is 1.36 bits per heavy atom. The van der Waals surface area contributed by atoms with Crippen LogP contribution in [0.25, 0.3) is 0 Å². The van der Waals surface area contributed by atoms with Gasteiger partial charge in [-0.25, -0.2) is 9.59 Å². The Balaban J connectivity index is 3.15. The van der Waals surface area contributed by atoms with Gasteiger partial charge in [0.2, 0.25) is 0 Å². The number of benzene rings is 1. The number of methoxy groups -OCH3 is 1. The molecule has 3 atom stereocenters. The molecule has 0 saturated heterocycles. The maximum atomic E-state index is 14.5. The van der Waals surface area contributed by atoms with Gasteiger partial charge < -0.3 is 19.5 Å². The molecule has 13 heteroatoms. The molecule has 45 heavy (non-hydrogen) atoms. The van der Waals surface area contributed by atoms with Crippen molar-refractivity contribution in [2.75, 3.05) is 12.9 Å². The van der Waals surface area contributed by atoms with Crippen molar-refractivity contribution in [1.82, 2.24) is 5.32 Å². The van der Waals surface area contributed by atoms with Gasteiger partial charge in [0, 0.05) is 12.7 Å². The van der Waals surface area contributed by atoms with Crippen LogP contribution >= 0.6 is 0 Å². The lowest BCUT2D eigenvalue weighted by Gasteiger charge is -2.35. The van der Waals surface area contributed by atoms with Crippen LogP contribution in [0.2, 0.25) is 0 Å². The highest BCUT2D eigenvalue weighted by Gasteiger charge is 2.64. The van der Waals surface area contributed by atoms with E-state index in [2.05, 4.69) is 19.2 Å². The van der Waals surface area contributed by atoms with Crippen LogP contribution in [0.15, 0.2) is 30.3 Å². The van der Waals surface area contributed by atoms with E-state index in [0.29, 0.717) is 18.8 Å². The first-order valence-electron chi connectivity index (χ1n) is 15.7. The Bertz CT molecular complexity index is 1120. The van der Waals surface area contributed by atoms with Crippen molar-refractivity contribution in [2.45, 2.75) is 135 Å². The highest BCUT2D eigenvalue weighted by Crippen LogP contribution is 2.43. The second-order valence-corrected chi connectivity index (χ2v) is 14.3. The smallest absolute Gasteiger partial charge is 0.432 e. The Kier molecular flexibility index (Phi) is 16.9. The van der Waals surface area contributed by atoms with Gasteiger partial charge in [-0.3, -0.25) is 4.55 Å². The van der Waals surface area contributed by atoms with Crippen LogP contribution in [-0.4, -0.2) is 61.8 Å². The molecule has 0 aliphatic rings. The number of carbonyl (C=O) groups is 2. The minimum atomic E-state index is -5.27. The number of ether oxygens (including phenoxy) is 3. The van der Waals surface area contributed by atoms with Crippen LogP contribution in [0.4, 0.5) is 18.0 Å². The first-order chi connectivity index (χ1) is 20.8. The standard InChI is InChI=1S/C32H52F3NO8S/c1-24(2)19-15-12-10-8-7-9-11-13-18-22-27(26(23-45(39,40)41)36-29(38)44-30(3,4)5)43-28(37)31(42-6,32(33,34)35)25-20-16-14-17-21-25/h14,16-17,20-21,24,26-27H,7-13,15,18-19,22-23H2,1-6H3,(H,36,38)(H,39,40,41)/t26?,27?,31-/m1/s1. The van der Waals surface area contributed by atoms with Gasteiger partial charge in [0.25, 0.3) is 15.7 Å². The number of hydrogen-bond acceptors (Lipinski definition) is 7. The summed E-state index contributed by atoms with van der Waals surface area (Å²) in [5, 5.41) is 2.28. The Morgan fingerprint density at radius 1 is 0.867 bits per heavy atom. The fourth-order valence-corrected chi connectivity index (χ4v) is 5.76. The van der Waals surface area contributed by atoms with Gasteiger partial charge in [0.15, 0.2) is 0 Å². The van der Waals surface area contributed by atoms with Crippen molar-refractivity contribution in [3.63, 3.8) is 0 Å². The van der Waals surface area contributed by atoms with E-state index in [1.807, 2.05) is 0 Å². The van der Waals surface area contributed by atoms with Crippen LogP contribution in [0.5, 0.6) is 0 Å². The van der Waals surface area contributed by atoms with Gasteiger partial charge >= 0.3 is 18.2 Å². The maximum Gasteiger partial charge on any atom is 0.432 e. The lowest BCUT2D eigenvalue weighted by molar-refractivity contribution is -0.278. The van der Waals surface area contributed by atoms with Crippen LogP contribution in [0.3, 0.4) is 0 Å². The van der Waals surface area contributed by atoms with Crippen molar-refractivity contribution in [1.29, 1.82) is 0 Å². The fourth-order valence-electron chi connectivity index (χ4n) is 5.01. The number of alkyl carbamates (subject to hydrolysis) is 1. The van der Waals surface area contributed by atoms with Gasteiger partial charge in [0.1, 0.15) is 11.7 Å². The van der Waals surface area contributed by atoms with Crippen LogP contribution < -0.4 is 5.32 Å². The van der Waals surface area contributed by atoms with Gasteiger partial charge in [-0.05, 0) is 39.5 Å². The molecule has 0 fully saturated rings. The Morgan fingerprint density at radius 3 is 1.78 bits per heavy atom. The molecule has 2 N–H and O–H groups in total. The van der Waals surface area contributed by atoms with Gasteiger partial charge in [-0.1, -0.05) is 102 Å². The number of rotatable bonds is 20. The summed E-state index contributed by atoms with van der Waals surface area (Å²) < 4.78 is 92.5.